The first kappa shape index (κ1) is 11.7. The van der Waals surface area contributed by atoms with Gasteiger partial charge in [-0.25, -0.2) is 9.78 Å². The lowest BCUT2D eigenvalue weighted by atomic mass is 10.2. The third-order valence-electron chi connectivity index (χ3n) is 2.31. The van der Waals surface area contributed by atoms with Gasteiger partial charge in [0.15, 0.2) is 4.96 Å². The number of aryl methyl sites for hydroxylation is 1. The van der Waals surface area contributed by atoms with Gasteiger partial charge in [0.1, 0.15) is 0 Å². The fourth-order valence-electron chi connectivity index (χ4n) is 1.57. The van der Waals surface area contributed by atoms with E-state index in [1.807, 2.05) is 22.9 Å². The third kappa shape index (κ3) is 2.31. The summed E-state index contributed by atoms with van der Waals surface area (Å²) in [5.74, 6) is -0.969. The van der Waals surface area contributed by atoms with E-state index in [-0.39, 0.29) is 5.57 Å². The maximum atomic E-state index is 11.0. The van der Waals surface area contributed by atoms with Crippen LogP contribution in [0.1, 0.15) is 11.4 Å². The van der Waals surface area contributed by atoms with Gasteiger partial charge in [-0.3, -0.25) is 4.40 Å². The second-order valence-corrected chi connectivity index (χ2v) is 4.46. The lowest BCUT2D eigenvalue weighted by molar-refractivity contribution is -0.132. The van der Waals surface area contributed by atoms with E-state index in [0.717, 1.165) is 16.3 Å². The van der Waals surface area contributed by atoms with Gasteiger partial charge in [-0.05, 0) is 6.92 Å². The highest BCUT2D eigenvalue weighted by Gasteiger charge is 2.13. The molecule has 6 heteroatoms. The fraction of sp³-hybridized carbons (Fsp3) is 0.273. The van der Waals surface area contributed by atoms with Gasteiger partial charge < -0.3 is 9.84 Å². The Balaban J connectivity index is 2.34. The number of hydrogen-bond acceptors (Lipinski definition) is 4. The van der Waals surface area contributed by atoms with Crippen LogP contribution in [0.25, 0.3) is 4.96 Å². The largest absolute Gasteiger partial charge is 0.504 e. The van der Waals surface area contributed by atoms with Gasteiger partial charge in [0.05, 0.1) is 24.6 Å². The maximum Gasteiger partial charge on any atom is 0.335 e. The van der Waals surface area contributed by atoms with Crippen LogP contribution in [0.5, 0.6) is 0 Å². The molecule has 2 rings (SSSR count). The lowest BCUT2D eigenvalue weighted by Crippen LogP contribution is -2.05. The average molecular weight is 252 g/mol. The summed E-state index contributed by atoms with van der Waals surface area (Å²) in [7, 11) is 1.44. The first-order valence-corrected chi connectivity index (χ1v) is 5.87. The molecule has 90 valence electrons. The number of carboxylic acid groups (broad SMARTS) is 1. The topological polar surface area (TPSA) is 63.8 Å². The van der Waals surface area contributed by atoms with Gasteiger partial charge in [0.25, 0.3) is 0 Å². The molecule has 0 saturated carbocycles. The molecule has 0 unspecified atom stereocenters. The van der Waals surface area contributed by atoms with E-state index in [1.54, 1.807) is 0 Å². The Labute approximate surface area is 102 Å². The molecule has 0 atom stereocenters. The van der Waals surface area contributed by atoms with Crippen LogP contribution in [0.15, 0.2) is 23.4 Å². The van der Waals surface area contributed by atoms with Crippen LogP contribution >= 0.6 is 11.3 Å². The van der Waals surface area contributed by atoms with Crippen LogP contribution in [0.2, 0.25) is 0 Å². The van der Waals surface area contributed by atoms with Crippen LogP contribution in [-0.2, 0) is 16.0 Å². The molecule has 0 radical (unpaired) electrons. The van der Waals surface area contributed by atoms with Crippen molar-refractivity contribution in [3.05, 3.63) is 34.8 Å². The average Bonchev–Trinajstić information content (AvgIpc) is 2.78. The van der Waals surface area contributed by atoms with Crippen LogP contribution in [0.3, 0.4) is 0 Å². The normalized spacial score (nSPS) is 12.0. The molecule has 0 aliphatic heterocycles. The van der Waals surface area contributed by atoms with Gasteiger partial charge in [0, 0.05) is 23.7 Å². The second-order valence-electron chi connectivity index (χ2n) is 3.62. The van der Waals surface area contributed by atoms with Crippen molar-refractivity contribution in [1.29, 1.82) is 0 Å². The van der Waals surface area contributed by atoms with Crippen molar-refractivity contribution in [3.8, 4) is 0 Å². The molecule has 0 bridgehead atoms. The van der Waals surface area contributed by atoms with Gasteiger partial charge in [-0.1, -0.05) is 0 Å². The highest BCUT2D eigenvalue weighted by atomic mass is 32.1. The third-order valence-corrected chi connectivity index (χ3v) is 3.20. The highest BCUT2D eigenvalue weighted by Crippen LogP contribution is 2.19. The minimum atomic E-state index is -0.969. The zero-order chi connectivity index (χ0) is 12.4. The summed E-state index contributed by atoms with van der Waals surface area (Å²) in [5.41, 5.74) is 2.04. The van der Waals surface area contributed by atoms with Crippen LogP contribution < -0.4 is 0 Å². The van der Waals surface area contributed by atoms with Crippen molar-refractivity contribution in [2.45, 2.75) is 13.3 Å². The van der Waals surface area contributed by atoms with E-state index < -0.39 is 5.97 Å². The number of thiazole rings is 1. The maximum absolute atomic E-state index is 11.0. The van der Waals surface area contributed by atoms with E-state index >= 15 is 0 Å². The van der Waals surface area contributed by atoms with Crippen molar-refractivity contribution in [3.63, 3.8) is 0 Å². The van der Waals surface area contributed by atoms with E-state index in [0.29, 0.717) is 6.42 Å². The quantitative estimate of drug-likeness (QED) is 0.666. The molecule has 2 aromatic heterocycles. The van der Waals surface area contributed by atoms with Crippen molar-refractivity contribution >= 4 is 22.3 Å². The minimum Gasteiger partial charge on any atom is -0.504 e. The van der Waals surface area contributed by atoms with Crippen molar-refractivity contribution in [2.24, 2.45) is 0 Å². The second kappa shape index (κ2) is 4.58. The Kier molecular flexibility index (Phi) is 3.14. The van der Waals surface area contributed by atoms with Crippen molar-refractivity contribution in [2.75, 3.05) is 7.11 Å². The molecule has 2 heterocycles. The van der Waals surface area contributed by atoms with Gasteiger partial charge in [0.2, 0.25) is 0 Å². The van der Waals surface area contributed by atoms with Gasteiger partial charge in [-0.15, -0.1) is 11.3 Å². The van der Waals surface area contributed by atoms with Crippen LogP contribution in [-0.4, -0.2) is 27.6 Å². The standard InChI is InChI=1S/C11H12N2O3S/c1-7-4-13-9(6-17-11(13)12-7)3-8(5-16-2)10(14)15/h4-6H,3H2,1-2H3,(H,14,15). The summed E-state index contributed by atoms with van der Waals surface area (Å²) < 4.78 is 6.68. The number of carbonyl (C=O) groups is 1. The molecule has 0 spiro atoms. The number of aliphatic carboxylic acids is 1. The summed E-state index contributed by atoms with van der Waals surface area (Å²) >= 11 is 1.50. The zero-order valence-electron chi connectivity index (χ0n) is 9.51. The molecular formula is C11H12N2O3S. The molecule has 0 fully saturated rings. The molecule has 2 aromatic rings. The molecule has 0 amide bonds. The predicted octanol–water partition coefficient (Wildman–Crippen LogP) is 1.86. The number of nitrogens with zero attached hydrogens (tertiary/aromatic N) is 2. The van der Waals surface area contributed by atoms with E-state index in [2.05, 4.69) is 4.98 Å². The van der Waals surface area contributed by atoms with E-state index in [4.69, 9.17) is 9.84 Å². The molecule has 0 saturated heterocycles. The smallest absolute Gasteiger partial charge is 0.335 e. The van der Waals surface area contributed by atoms with Crippen LogP contribution in [0, 0.1) is 6.92 Å². The fourth-order valence-corrected chi connectivity index (χ4v) is 2.49. The van der Waals surface area contributed by atoms with Crippen LogP contribution in [0.4, 0.5) is 0 Å². The summed E-state index contributed by atoms with van der Waals surface area (Å²) in [4.78, 5) is 16.2. The monoisotopic (exact) mass is 252 g/mol. The number of methoxy groups -OCH3 is 1. The Morgan fingerprint density at radius 1 is 1.71 bits per heavy atom. The SMILES string of the molecule is COC=C(Cc1csc2nc(C)cn12)C(=O)O. The van der Waals surface area contributed by atoms with Gasteiger partial charge >= 0.3 is 5.97 Å². The molecule has 0 aromatic carbocycles. The van der Waals surface area contributed by atoms with E-state index in [1.165, 1.54) is 24.7 Å². The zero-order valence-corrected chi connectivity index (χ0v) is 10.3. The number of hydrogen-bond donors (Lipinski definition) is 1. The van der Waals surface area contributed by atoms with E-state index in [9.17, 15) is 4.79 Å². The molecule has 1 N–H and O–H groups in total. The molecule has 5 nitrogen and oxygen atoms in total. The summed E-state index contributed by atoms with van der Waals surface area (Å²) in [5, 5.41) is 10.9. The molecule has 0 aliphatic carbocycles. The molecular weight excluding hydrogens is 240 g/mol. The Hall–Kier alpha value is -1.82. The lowest BCUT2D eigenvalue weighted by Gasteiger charge is -2.01. The Morgan fingerprint density at radius 3 is 3.12 bits per heavy atom. The Morgan fingerprint density at radius 2 is 2.47 bits per heavy atom. The van der Waals surface area contributed by atoms with Gasteiger partial charge in [-0.2, -0.15) is 0 Å². The Bertz CT molecular complexity index is 583. The molecule has 0 aliphatic rings. The number of fused-ring (bicyclic) bond motifs is 1. The van der Waals surface area contributed by atoms with Crippen molar-refractivity contribution < 1.29 is 14.6 Å². The number of carboxylic acids is 1. The minimum absolute atomic E-state index is 0.221. The number of imidazole rings is 1. The highest BCUT2D eigenvalue weighted by molar-refractivity contribution is 7.15. The first-order chi connectivity index (χ1) is 8.11. The first-order valence-electron chi connectivity index (χ1n) is 4.99. The molecule has 17 heavy (non-hydrogen) atoms. The predicted molar refractivity (Wildman–Crippen MR) is 64.2 cm³/mol. The summed E-state index contributed by atoms with van der Waals surface area (Å²) in [6, 6.07) is 0. The summed E-state index contributed by atoms with van der Waals surface area (Å²) in [6.45, 7) is 1.91. The number of aromatic nitrogens is 2. The van der Waals surface area contributed by atoms with Crippen molar-refractivity contribution in [1.82, 2.24) is 9.38 Å². The number of ether oxygens (including phenoxy) is 1. The number of rotatable bonds is 4. The summed E-state index contributed by atoms with van der Waals surface area (Å²) in [6.07, 6.45) is 3.47.